The van der Waals surface area contributed by atoms with Gasteiger partial charge in [-0.25, -0.2) is 4.57 Å². The van der Waals surface area contributed by atoms with Crippen molar-refractivity contribution in [3.8, 4) is 0 Å². The highest BCUT2D eigenvalue weighted by Gasteiger charge is 2.27. The molecule has 0 N–H and O–H groups in total. The van der Waals surface area contributed by atoms with E-state index in [0.717, 1.165) is 6.42 Å². The van der Waals surface area contributed by atoms with Crippen molar-refractivity contribution in [3.05, 3.63) is 70.4 Å². The highest BCUT2D eigenvalue weighted by molar-refractivity contribution is 6.27. The Balaban J connectivity index is 1.98. The summed E-state index contributed by atoms with van der Waals surface area (Å²) in [7, 11) is 2.21. The van der Waals surface area contributed by atoms with Crippen LogP contribution >= 0.6 is 0 Å². The first kappa shape index (κ1) is 23.3. The summed E-state index contributed by atoms with van der Waals surface area (Å²) in [4.78, 5) is 0. The van der Waals surface area contributed by atoms with Gasteiger partial charge in [0.1, 0.15) is 7.05 Å². The Hall–Kier alpha value is -3.13. The van der Waals surface area contributed by atoms with Crippen LogP contribution in [-0.2, 0) is 18.9 Å². The van der Waals surface area contributed by atoms with Crippen molar-refractivity contribution in [1.82, 2.24) is 4.40 Å². The number of fused-ring (bicyclic) bond motifs is 5. The van der Waals surface area contributed by atoms with Crippen molar-refractivity contribution in [2.45, 2.75) is 74.1 Å². The second-order valence-electron chi connectivity index (χ2n) is 13.4. The van der Waals surface area contributed by atoms with Crippen LogP contribution in [0.15, 0.2) is 42.6 Å². The van der Waals surface area contributed by atoms with Crippen molar-refractivity contribution in [2.75, 3.05) is 0 Å². The van der Waals surface area contributed by atoms with Gasteiger partial charge < -0.3 is 4.40 Å². The molecule has 0 saturated carbocycles. The number of pyridine rings is 2. The average Bonchev–Trinajstić information content (AvgIpc) is 3.12. The lowest BCUT2D eigenvalue weighted by atomic mass is 9.86. The fourth-order valence-corrected chi connectivity index (χ4v) is 6.48. The number of aromatic nitrogens is 2. The third-order valence-electron chi connectivity index (χ3n) is 8.43. The number of nitrogens with zero attached hydrogens (tertiary/aromatic N) is 2. The summed E-state index contributed by atoms with van der Waals surface area (Å²) < 4.78 is 4.95. The van der Waals surface area contributed by atoms with Crippen molar-refractivity contribution < 1.29 is 4.57 Å². The summed E-state index contributed by atoms with van der Waals surface area (Å²) in [5.74, 6) is 0. The van der Waals surface area contributed by atoms with Gasteiger partial charge in [0.25, 0.3) is 0 Å². The van der Waals surface area contributed by atoms with Gasteiger partial charge in [-0.05, 0) is 83.4 Å². The molecule has 0 bridgehead atoms. The summed E-state index contributed by atoms with van der Waals surface area (Å²) in [6.07, 6.45) is 3.31. The Kier molecular flexibility index (Phi) is 4.67. The van der Waals surface area contributed by atoms with Gasteiger partial charge in [-0.1, -0.05) is 59.7 Å². The predicted octanol–water partition coefficient (Wildman–Crippen LogP) is 8.63. The number of hydrogen-bond acceptors (Lipinski definition) is 0. The van der Waals surface area contributed by atoms with Crippen molar-refractivity contribution >= 4 is 49.0 Å². The molecule has 0 aliphatic rings. The minimum Gasteiger partial charge on any atom is -0.307 e. The zero-order valence-electron chi connectivity index (χ0n) is 23.6. The Morgan fingerprint density at radius 3 is 2.11 bits per heavy atom. The minimum absolute atomic E-state index is 0.0943. The molecule has 3 heterocycles. The molecule has 0 atom stereocenters. The van der Waals surface area contributed by atoms with E-state index >= 15 is 0 Å². The average molecular weight is 476 g/mol. The van der Waals surface area contributed by atoms with Crippen LogP contribution in [0.1, 0.15) is 69.4 Å². The second-order valence-corrected chi connectivity index (χ2v) is 13.4. The van der Waals surface area contributed by atoms with E-state index in [-0.39, 0.29) is 10.8 Å². The zero-order valence-corrected chi connectivity index (χ0v) is 23.6. The number of rotatable bonds is 1. The van der Waals surface area contributed by atoms with Gasteiger partial charge in [-0.2, -0.15) is 0 Å². The molecule has 0 unspecified atom stereocenters. The molecule has 2 heteroatoms. The molecule has 3 aromatic carbocycles. The Morgan fingerprint density at radius 1 is 0.750 bits per heavy atom. The van der Waals surface area contributed by atoms with Gasteiger partial charge in [0, 0.05) is 16.8 Å². The van der Waals surface area contributed by atoms with Crippen LogP contribution in [0.25, 0.3) is 49.0 Å². The molecular formula is C34H39N2+. The number of hydrogen-bond donors (Lipinski definition) is 0. The largest absolute Gasteiger partial charge is 0.307 e. The minimum atomic E-state index is 0.0943. The first-order chi connectivity index (χ1) is 16.8. The maximum Gasteiger partial charge on any atom is 0.224 e. The lowest BCUT2D eigenvalue weighted by Gasteiger charge is -2.21. The summed E-state index contributed by atoms with van der Waals surface area (Å²) in [5, 5.41) is 6.88. The highest BCUT2D eigenvalue weighted by atomic mass is 15.0. The van der Waals surface area contributed by atoms with E-state index < -0.39 is 0 Å². The van der Waals surface area contributed by atoms with Crippen LogP contribution in [-0.4, -0.2) is 4.40 Å². The number of benzene rings is 3. The summed E-state index contributed by atoms with van der Waals surface area (Å²) in [6.45, 7) is 20.9. The molecule has 0 amide bonds. The molecule has 0 aliphatic carbocycles. The molecule has 184 valence electrons. The maximum absolute atomic E-state index is 2.61. The second kappa shape index (κ2) is 7.22. The Morgan fingerprint density at radius 2 is 1.44 bits per heavy atom. The molecule has 0 fully saturated rings. The smallest absolute Gasteiger partial charge is 0.224 e. The lowest BCUT2D eigenvalue weighted by Crippen LogP contribution is -2.29. The standard InChI is InChI=1S/C34H39N2/c1-19-20(2)28-25-12-11-24(34(7,8)9)17-26(25)36-27-16-22(18-33(4,5)6)15-23-13-14-35(10)31(30(23)27)29(21(19)3)32(28)36/h11-17H,18H2,1-10H3/q+1. The molecule has 3 aromatic heterocycles. The van der Waals surface area contributed by atoms with Crippen LogP contribution in [0.3, 0.4) is 0 Å². The molecule has 2 nitrogen and oxygen atoms in total. The summed E-state index contributed by atoms with van der Waals surface area (Å²) >= 11 is 0. The van der Waals surface area contributed by atoms with E-state index in [0.29, 0.717) is 0 Å². The lowest BCUT2D eigenvalue weighted by molar-refractivity contribution is -0.643. The van der Waals surface area contributed by atoms with E-state index in [1.807, 2.05) is 0 Å². The van der Waals surface area contributed by atoms with Crippen LogP contribution in [0, 0.1) is 26.2 Å². The third-order valence-corrected chi connectivity index (χ3v) is 8.43. The van der Waals surface area contributed by atoms with E-state index in [1.165, 1.54) is 76.8 Å². The van der Waals surface area contributed by atoms with Crippen LogP contribution in [0.4, 0.5) is 0 Å². The molecule has 6 aromatic rings. The predicted molar refractivity (Wildman–Crippen MR) is 156 cm³/mol. The van der Waals surface area contributed by atoms with Crippen LogP contribution in [0.2, 0.25) is 0 Å². The first-order valence-electron chi connectivity index (χ1n) is 13.3. The highest BCUT2D eigenvalue weighted by Crippen LogP contribution is 2.44. The first-order valence-corrected chi connectivity index (χ1v) is 13.3. The number of aryl methyl sites for hydroxylation is 3. The van der Waals surface area contributed by atoms with Crippen molar-refractivity contribution in [2.24, 2.45) is 12.5 Å². The van der Waals surface area contributed by atoms with Crippen LogP contribution in [0.5, 0.6) is 0 Å². The van der Waals surface area contributed by atoms with Crippen molar-refractivity contribution in [3.63, 3.8) is 0 Å². The molecular weight excluding hydrogens is 436 g/mol. The van der Waals surface area contributed by atoms with Gasteiger partial charge in [0.15, 0.2) is 6.20 Å². The molecule has 6 rings (SSSR count). The maximum atomic E-state index is 2.61. The summed E-state index contributed by atoms with van der Waals surface area (Å²) in [5.41, 5.74) is 12.7. The van der Waals surface area contributed by atoms with Gasteiger partial charge >= 0.3 is 0 Å². The zero-order chi connectivity index (χ0) is 25.9. The van der Waals surface area contributed by atoms with Gasteiger partial charge in [0.2, 0.25) is 5.52 Å². The third kappa shape index (κ3) is 3.13. The molecule has 36 heavy (non-hydrogen) atoms. The van der Waals surface area contributed by atoms with E-state index in [4.69, 9.17) is 0 Å². The normalized spacial score (nSPS) is 13.4. The van der Waals surface area contributed by atoms with E-state index in [1.54, 1.807) is 0 Å². The van der Waals surface area contributed by atoms with Crippen molar-refractivity contribution in [1.29, 1.82) is 0 Å². The fraction of sp³-hybridized carbons (Fsp3) is 0.382. The SMILES string of the molecule is Cc1c(C)c2c3ccc(C(C)(C)C)cc3n3c4cc(CC(C)(C)C)cc5cc[n+](C)c(c(c1C)c23)c54. The molecule has 0 aliphatic heterocycles. The molecule has 0 saturated heterocycles. The van der Waals surface area contributed by atoms with Gasteiger partial charge in [-0.15, -0.1) is 0 Å². The molecule has 0 radical (unpaired) electrons. The monoisotopic (exact) mass is 475 g/mol. The molecule has 0 spiro atoms. The fourth-order valence-electron chi connectivity index (χ4n) is 6.48. The quantitative estimate of drug-likeness (QED) is 0.128. The van der Waals surface area contributed by atoms with E-state index in [9.17, 15) is 0 Å². The Labute approximate surface area is 214 Å². The summed E-state index contributed by atoms with van der Waals surface area (Å²) in [6, 6.07) is 14.4. The Bertz CT molecular complexity index is 1850. The topological polar surface area (TPSA) is 8.29 Å². The van der Waals surface area contributed by atoms with E-state index in [2.05, 4.69) is 121 Å². The van der Waals surface area contributed by atoms with Gasteiger partial charge in [-0.3, -0.25) is 0 Å². The van der Waals surface area contributed by atoms with Gasteiger partial charge in [0.05, 0.1) is 27.3 Å². The van der Waals surface area contributed by atoms with Crippen LogP contribution < -0.4 is 4.57 Å².